The standard InChI is InChI=1S/C18H18FNO/c1-18(14-20,15-7-3-2-4-8-15)11-6-12-21-17-10-5-9-16(19)13-17/h2-5,7-10,13H,6,11-12H2,1H3. The lowest BCUT2D eigenvalue weighted by atomic mass is 9.80. The molecule has 0 N–H and O–H groups in total. The molecule has 0 aromatic heterocycles. The molecule has 3 heteroatoms. The minimum atomic E-state index is -0.521. The van der Waals surface area contributed by atoms with E-state index < -0.39 is 5.41 Å². The number of halogens is 1. The Balaban J connectivity index is 1.88. The van der Waals surface area contributed by atoms with Crippen molar-refractivity contribution in [3.05, 3.63) is 66.0 Å². The van der Waals surface area contributed by atoms with Crippen LogP contribution in [0.3, 0.4) is 0 Å². The van der Waals surface area contributed by atoms with Crippen LogP contribution >= 0.6 is 0 Å². The van der Waals surface area contributed by atoms with Crippen molar-refractivity contribution >= 4 is 0 Å². The van der Waals surface area contributed by atoms with Gasteiger partial charge in [-0.1, -0.05) is 36.4 Å². The van der Waals surface area contributed by atoms with Crippen LogP contribution in [0.1, 0.15) is 25.3 Å². The Hall–Kier alpha value is -2.34. The highest BCUT2D eigenvalue weighted by molar-refractivity contribution is 5.30. The second-order valence-corrected chi connectivity index (χ2v) is 5.22. The summed E-state index contributed by atoms with van der Waals surface area (Å²) in [4.78, 5) is 0. The second-order valence-electron chi connectivity index (χ2n) is 5.22. The van der Waals surface area contributed by atoms with Crippen LogP contribution in [0.5, 0.6) is 5.75 Å². The highest BCUT2D eigenvalue weighted by Gasteiger charge is 2.25. The van der Waals surface area contributed by atoms with Gasteiger partial charge in [0.2, 0.25) is 0 Å². The van der Waals surface area contributed by atoms with E-state index in [1.807, 2.05) is 37.3 Å². The quantitative estimate of drug-likeness (QED) is 0.733. The maximum Gasteiger partial charge on any atom is 0.126 e. The molecule has 2 aromatic rings. The number of benzene rings is 2. The Labute approximate surface area is 124 Å². The monoisotopic (exact) mass is 283 g/mol. The maximum absolute atomic E-state index is 13.0. The van der Waals surface area contributed by atoms with Crippen LogP contribution in [-0.2, 0) is 5.41 Å². The summed E-state index contributed by atoms with van der Waals surface area (Å²) in [6.07, 6.45) is 1.43. The summed E-state index contributed by atoms with van der Waals surface area (Å²) in [5.41, 5.74) is 0.491. The number of nitrogens with zero attached hydrogens (tertiary/aromatic N) is 1. The molecule has 2 aromatic carbocycles. The molecule has 0 spiro atoms. The maximum atomic E-state index is 13.0. The Morgan fingerprint density at radius 1 is 1.14 bits per heavy atom. The zero-order valence-electron chi connectivity index (χ0n) is 12.1. The SMILES string of the molecule is CC(C#N)(CCCOc1cccc(F)c1)c1ccccc1. The fourth-order valence-electron chi connectivity index (χ4n) is 2.24. The minimum absolute atomic E-state index is 0.307. The highest BCUT2D eigenvalue weighted by Crippen LogP contribution is 2.28. The number of ether oxygens (including phenoxy) is 1. The van der Waals surface area contributed by atoms with Gasteiger partial charge >= 0.3 is 0 Å². The molecule has 0 aliphatic heterocycles. The van der Waals surface area contributed by atoms with Gasteiger partial charge in [-0.2, -0.15) is 5.26 Å². The summed E-state index contributed by atoms with van der Waals surface area (Å²) in [5.74, 6) is 0.215. The van der Waals surface area contributed by atoms with Crippen molar-refractivity contribution in [3.63, 3.8) is 0 Å². The van der Waals surface area contributed by atoms with Gasteiger partial charge in [-0.3, -0.25) is 0 Å². The molecule has 0 aliphatic carbocycles. The molecule has 2 rings (SSSR count). The largest absolute Gasteiger partial charge is 0.493 e. The third-order valence-corrected chi connectivity index (χ3v) is 3.54. The van der Waals surface area contributed by atoms with Crippen molar-refractivity contribution in [2.75, 3.05) is 6.61 Å². The van der Waals surface area contributed by atoms with E-state index in [0.29, 0.717) is 18.8 Å². The number of rotatable bonds is 6. The summed E-state index contributed by atoms with van der Waals surface area (Å²) in [7, 11) is 0. The first-order valence-corrected chi connectivity index (χ1v) is 6.99. The number of hydrogen-bond acceptors (Lipinski definition) is 2. The van der Waals surface area contributed by atoms with Gasteiger partial charge in [0.05, 0.1) is 18.1 Å². The van der Waals surface area contributed by atoms with E-state index in [1.165, 1.54) is 12.1 Å². The molecule has 0 fully saturated rings. The van der Waals surface area contributed by atoms with E-state index in [1.54, 1.807) is 12.1 Å². The Kier molecular flexibility index (Phi) is 4.94. The minimum Gasteiger partial charge on any atom is -0.493 e. The first-order chi connectivity index (χ1) is 10.1. The fourth-order valence-corrected chi connectivity index (χ4v) is 2.24. The second kappa shape index (κ2) is 6.90. The predicted molar refractivity (Wildman–Crippen MR) is 80.5 cm³/mol. The molecule has 0 bridgehead atoms. The van der Waals surface area contributed by atoms with E-state index in [9.17, 15) is 9.65 Å². The van der Waals surface area contributed by atoms with Crippen LogP contribution in [0.4, 0.5) is 4.39 Å². The van der Waals surface area contributed by atoms with E-state index in [4.69, 9.17) is 4.74 Å². The zero-order chi connectivity index (χ0) is 15.1. The zero-order valence-corrected chi connectivity index (χ0v) is 12.1. The molecule has 0 heterocycles. The number of nitriles is 1. The summed E-state index contributed by atoms with van der Waals surface area (Å²) in [5, 5.41) is 9.45. The fraction of sp³-hybridized carbons (Fsp3) is 0.278. The molecule has 21 heavy (non-hydrogen) atoms. The summed E-state index contributed by atoms with van der Waals surface area (Å²) in [6.45, 7) is 2.40. The Morgan fingerprint density at radius 2 is 1.90 bits per heavy atom. The van der Waals surface area contributed by atoms with Crippen LogP contribution in [0, 0.1) is 17.1 Å². The Bertz CT molecular complexity index is 621. The lowest BCUT2D eigenvalue weighted by Crippen LogP contribution is -2.20. The highest BCUT2D eigenvalue weighted by atomic mass is 19.1. The normalized spacial score (nSPS) is 13.2. The van der Waals surface area contributed by atoms with Crippen molar-refractivity contribution in [3.8, 4) is 11.8 Å². The summed E-state index contributed by atoms with van der Waals surface area (Å²) in [6, 6.07) is 18.2. The molecule has 1 unspecified atom stereocenters. The van der Waals surface area contributed by atoms with Crippen molar-refractivity contribution in [2.45, 2.75) is 25.2 Å². The molecule has 108 valence electrons. The molecule has 0 saturated carbocycles. The molecule has 1 atom stereocenters. The van der Waals surface area contributed by atoms with Gasteiger partial charge in [0.25, 0.3) is 0 Å². The van der Waals surface area contributed by atoms with Crippen molar-refractivity contribution < 1.29 is 9.13 Å². The molecular weight excluding hydrogens is 265 g/mol. The van der Waals surface area contributed by atoms with E-state index >= 15 is 0 Å². The van der Waals surface area contributed by atoms with Crippen LogP contribution in [0.2, 0.25) is 0 Å². The molecular formula is C18H18FNO. The number of hydrogen-bond donors (Lipinski definition) is 0. The molecule has 0 aliphatic rings. The third kappa shape index (κ3) is 4.06. The van der Waals surface area contributed by atoms with Gasteiger partial charge in [0.15, 0.2) is 0 Å². The summed E-state index contributed by atoms with van der Waals surface area (Å²) < 4.78 is 18.5. The average Bonchev–Trinajstić information content (AvgIpc) is 2.52. The topological polar surface area (TPSA) is 33.0 Å². The smallest absolute Gasteiger partial charge is 0.126 e. The molecule has 2 nitrogen and oxygen atoms in total. The van der Waals surface area contributed by atoms with Gasteiger partial charge in [0.1, 0.15) is 11.6 Å². The lowest BCUT2D eigenvalue weighted by molar-refractivity contribution is 0.294. The molecule has 0 amide bonds. The van der Waals surface area contributed by atoms with Crippen LogP contribution in [0.25, 0.3) is 0 Å². The van der Waals surface area contributed by atoms with Crippen molar-refractivity contribution in [2.24, 2.45) is 0 Å². The van der Waals surface area contributed by atoms with E-state index in [2.05, 4.69) is 6.07 Å². The van der Waals surface area contributed by atoms with Crippen molar-refractivity contribution in [1.29, 1.82) is 5.26 Å². The van der Waals surface area contributed by atoms with E-state index in [-0.39, 0.29) is 5.82 Å². The summed E-state index contributed by atoms with van der Waals surface area (Å²) >= 11 is 0. The van der Waals surface area contributed by atoms with Gasteiger partial charge < -0.3 is 4.74 Å². The lowest BCUT2D eigenvalue weighted by Gasteiger charge is -2.22. The first-order valence-electron chi connectivity index (χ1n) is 6.99. The predicted octanol–water partition coefficient (Wildman–Crippen LogP) is 4.47. The van der Waals surface area contributed by atoms with Crippen LogP contribution in [-0.4, -0.2) is 6.61 Å². The van der Waals surface area contributed by atoms with Crippen molar-refractivity contribution in [1.82, 2.24) is 0 Å². The van der Waals surface area contributed by atoms with Gasteiger partial charge in [-0.15, -0.1) is 0 Å². The molecule has 0 radical (unpaired) electrons. The average molecular weight is 283 g/mol. The van der Waals surface area contributed by atoms with E-state index in [0.717, 1.165) is 12.0 Å². The van der Waals surface area contributed by atoms with Gasteiger partial charge in [0, 0.05) is 6.07 Å². The Morgan fingerprint density at radius 3 is 2.57 bits per heavy atom. The van der Waals surface area contributed by atoms with Gasteiger partial charge in [-0.25, -0.2) is 4.39 Å². The van der Waals surface area contributed by atoms with Gasteiger partial charge in [-0.05, 0) is 37.5 Å². The third-order valence-electron chi connectivity index (χ3n) is 3.54. The van der Waals surface area contributed by atoms with Crippen LogP contribution in [0.15, 0.2) is 54.6 Å². The van der Waals surface area contributed by atoms with Crippen LogP contribution < -0.4 is 4.74 Å². The first kappa shape index (κ1) is 15.1. The molecule has 0 saturated heterocycles.